The van der Waals surface area contributed by atoms with Crippen LogP contribution in [0.5, 0.6) is 0 Å². The van der Waals surface area contributed by atoms with Gasteiger partial charge in [-0.2, -0.15) is 0 Å². The van der Waals surface area contributed by atoms with Crippen LogP contribution in [0.3, 0.4) is 0 Å². The first-order chi connectivity index (χ1) is 9.09. The maximum Gasteiger partial charge on any atom is 0.234 e. The van der Waals surface area contributed by atoms with Crippen molar-refractivity contribution in [2.75, 3.05) is 39.8 Å². The van der Waals surface area contributed by atoms with Gasteiger partial charge in [-0.3, -0.25) is 9.69 Å². The van der Waals surface area contributed by atoms with Crippen molar-refractivity contribution < 1.29 is 9.53 Å². The van der Waals surface area contributed by atoms with E-state index >= 15 is 0 Å². The van der Waals surface area contributed by atoms with E-state index in [0.29, 0.717) is 25.7 Å². The lowest BCUT2D eigenvalue weighted by Crippen LogP contribution is -2.45. The Bertz CT molecular complexity index is 253. The van der Waals surface area contributed by atoms with Crippen molar-refractivity contribution in [1.82, 2.24) is 15.5 Å². The number of hydrogen-bond acceptors (Lipinski definition) is 4. The van der Waals surface area contributed by atoms with Gasteiger partial charge in [0.2, 0.25) is 5.91 Å². The van der Waals surface area contributed by atoms with Crippen LogP contribution in [0.15, 0.2) is 0 Å². The second kappa shape index (κ2) is 9.28. The molecule has 0 atom stereocenters. The van der Waals surface area contributed by atoms with Crippen molar-refractivity contribution in [3.63, 3.8) is 0 Å². The molecule has 1 amide bonds. The fourth-order valence-corrected chi connectivity index (χ4v) is 2.28. The molecule has 0 radical (unpaired) electrons. The Morgan fingerprint density at radius 1 is 1.42 bits per heavy atom. The summed E-state index contributed by atoms with van der Waals surface area (Å²) in [7, 11) is 2.04. The largest absolute Gasteiger partial charge is 0.379 e. The maximum atomic E-state index is 11.8. The van der Waals surface area contributed by atoms with Crippen molar-refractivity contribution in [1.29, 1.82) is 0 Å². The van der Waals surface area contributed by atoms with Crippen LogP contribution < -0.4 is 10.6 Å². The minimum atomic E-state index is 0.116. The monoisotopic (exact) mass is 271 g/mol. The second-order valence-electron chi connectivity index (χ2n) is 5.52. The van der Waals surface area contributed by atoms with E-state index in [0.717, 1.165) is 32.4 Å². The molecule has 1 aliphatic rings. The van der Waals surface area contributed by atoms with E-state index in [2.05, 4.69) is 15.5 Å². The summed E-state index contributed by atoms with van der Waals surface area (Å²) in [4.78, 5) is 14.0. The molecule has 0 aromatic rings. The minimum Gasteiger partial charge on any atom is -0.379 e. The highest BCUT2D eigenvalue weighted by Gasteiger charge is 2.19. The summed E-state index contributed by atoms with van der Waals surface area (Å²) in [6, 6.07) is 0.538. The molecule has 5 nitrogen and oxygen atoms in total. The van der Waals surface area contributed by atoms with Gasteiger partial charge in [-0.25, -0.2) is 0 Å². The van der Waals surface area contributed by atoms with Gasteiger partial charge in [-0.05, 0) is 53.2 Å². The Balaban J connectivity index is 2.06. The zero-order valence-electron chi connectivity index (χ0n) is 12.6. The smallest absolute Gasteiger partial charge is 0.234 e. The normalized spacial score (nSPS) is 17.1. The summed E-state index contributed by atoms with van der Waals surface area (Å²) in [5.41, 5.74) is 0. The molecule has 0 unspecified atom stereocenters. The van der Waals surface area contributed by atoms with Crippen LogP contribution in [0, 0.1) is 0 Å². The van der Waals surface area contributed by atoms with E-state index in [9.17, 15) is 4.79 Å². The molecule has 1 aliphatic heterocycles. The zero-order chi connectivity index (χ0) is 14.1. The molecule has 2 N–H and O–H groups in total. The topological polar surface area (TPSA) is 53.6 Å². The van der Waals surface area contributed by atoms with Crippen molar-refractivity contribution in [2.45, 2.75) is 45.3 Å². The lowest BCUT2D eigenvalue weighted by molar-refractivity contribution is -0.122. The summed E-state index contributed by atoms with van der Waals surface area (Å²) in [6.45, 7) is 8.06. The Labute approximate surface area is 117 Å². The van der Waals surface area contributed by atoms with Gasteiger partial charge in [-0.15, -0.1) is 0 Å². The Kier molecular flexibility index (Phi) is 8.02. The number of nitrogens with zero attached hydrogens (tertiary/aromatic N) is 1. The number of carbonyl (C=O) groups excluding carboxylic acids is 1. The molecule has 0 spiro atoms. The summed E-state index contributed by atoms with van der Waals surface area (Å²) < 4.78 is 5.43. The van der Waals surface area contributed by atoms with Gasteiger partial charge in [0.25, 0.3) is 0 Å². The summed E-state index contributed by atoms with van der Waals surface area (Å²) >= 11 is 0. The van der Waals surface area contributed by atoms with Gasteiger partial charge >= 0.3 is 0 Å². The van der Waals surface area contributed by atoms with Crippen molar-refractivity contribution in [3.8, 4) is 0 Å². The Hall–Kier alpha value is -0.650. The highest BCUT2D eigenvalue weighted by molar-refractivity contribution is 5.77. The number of carbonyl (C=O) groups is 1. The van der Waals surface area contributed by atoms with Gasteiger partial charge in [0.15, 0.2) is 0 Å². The van der Waals surface area contributed by atoms with Crippen LogP contribution in [0.25, 0.3) is 0 Å². The molecule has 5 heteroatoms. The van der Waals surface area contributed by atoms with Gasteiger partial charge in [0.05, 0.1) is 12.6 Å². The molecular formula is C14H29N3O2. The van der Waals surface area contributed by atoms with Gasteiger partial charge in [0, 0.05) is 19.2 Å². The SMILES string of the molecule is CC(C)OCCCNC(=O)CN(C)C1CCNCC1. The van der Waals surface area contributed by atoms with Crippen LogP contribution in [0.1, 0.15) is 33.1 Å². The molecule has 0 aromatic carbocycles. The second-order valence-corrected chi connectivity index (χ2v) is 5.52. The Morgan fingerprint density at radius 3 is 2.74 bits per heavy atom. The number of ether oxygens (including phenoxy) is 1. The molecule has 0 aliphatic carbocycles. The fourth-order valence-electron chi connectivity index (χ4n) is 2.28. The average molecular weight is 271 g/mol. The maximum absolute atomic E-state index is 11.8. The molecule has 1 rings (SSSR count). The summed E-state index contributed by atoms with van der Waals surface area (Å²) in [5.74, 6) is 0.116. The van der Waals surface area contributed by atoms with Crippen LogP contribution in [0.2, 0.25) is 0 Å². The number of piperidine rings is 1. The molecule has 112 valence electrons. The molecule has 1 fully saturated rings. The van der Waals surface area contributed by atoms with Gasteiger partial charge < -0.3 is 15.4 Å². The molecule has 19 heavy (non-hydrogen) atoms. The number of likely N-dealkylation sites (N-methyl/N-ethyl adjacent to an activating group) is 1. The number of hydrogen-bond donors (Lipinski definition) is 2. The molecule has 0 bridgehead atoms. The van der Waals surface area contributed by atoms with Gasteiger partial charge in [0.1, 0.15) is 0 Å². The fraction of sp³-hybridized carbons (Fsp3) is 0.929. The number of nitrogens with one attached hydrogen (secondary N) is 2. The summed E-state index contributed by atoms with van der Waals surface area (Å²) in [6.07, 6.45) is 3.40. The van der Waals surface area contributed by atoms with Gasteiger partial charge in [-0.1, -0.05) is 0 Å². The standard InChI is InChI=1S/C14H29N3O2/c1-12(2)19-10-4-7-16-14(18)11-17(3)13-5-8-15-9-6-13/h12-13,15H,4-11H2,1-3H3,(H,16,18). The zero-order valence-corrected chi connectivity index (χ0v) is 12.6. The molecule has 1 saturated heterocycles. The molecule has 1 heterocycles. The highest BCUT2D eigenvalue weighted by Crippen LogP contribution is 2.08. The molecular weight excluding hydrogens is 242 g/mol. The minimum absolute atomic E-state index is 0.116. The van der Waals surface area contributed by atoms with E-state index in [1.54, 1.807) is 0 Å². The molecule has 0 saturated carbocycles. The third-order valence-corrected chi connectivity index (χ3v) is 3.42. The Morgan fingerprint density at radius 2 is 2.11 bits per heavy atom. The quantitative estimate of drug-likeness (QED) is 0.635. The summed E-state index contributed by atoms with van der Waals surface area (Å²) in [5, 5.41) is 6.29. The van der Waals surface area contributed by atoms with Crippen molar-refractivity contribution >= 4 is 5.91 Å². The first-order valence-corrected chi connectivity index (χ1v) is 7.39. The van der Waals surface area contributed by atoms with Crippen LogP contribution in [0.4, 0.5) is 0 Å². The van der Waals surface area contributed by atoms with Crippen LogP contribution >= 0.6 is 0 Å². The van der Waals surface area contributed by atoms with E-state index in [1.165, 1.54) is 0 Å². The van der Waals surface area contributed by atoms with Crippen molar-refractivity contribution in [2.24, 2.45) is 0 Å². The van der Waals surface area contributed by atoms with E-state index < -0.39 is 0 Å². The van der Waals surface area contributed by atoms with E-state index in [4.69, 9.17) is 4.74 Å². The van der Waals surface area contributed by atoms with Crippen LogP contribution in [-0.4, -0.2) is 62.8 Å². The third kappa shape index (κ3) is 7.50. The number of rotatable bonds is 8. The van der Waals surface area contributed by atoms with E-state index in [-0.39, 0.29) is 12.0 Å². The third-order valence-electron chi connectivity index (χ3n) is 3.42. The first kappa shape index (κ1) is 16.4. The first-order valence-electron chi connectivity index (χ1n) is 7.39. The highest BCUT2D eigenvalue weighted by atomic mass is 16.5. The van der Waals surface area contributed by atoms with Crippen LogP contribution in [-0.2, 0) is 9.53 Å². The van der Waals surface area contributed by atoms with Crippen molar-refractivity contribution in [3.05, 3.63) is 0 Å². The lowest BCUT2D eigenvalue weighted by atomic mass is 10.1. The number of amides is 1. The predicted molar refractivity (Wildman–Crippen MR) is 77.2 cm³/mol. The predicted octanol–water partition coefficient (Wildman–Crippen LogP) is 0.602. The average Bonchev–Trinajstić information content (AvgIpc) is 2.39. The lowest BCUT2D eigenvalue weighted by Gasteiger charge is -2.31. The van der Waals surface area contributed by atoms with E-state index in [1.807, 2.05) is 20.9 Å². The molecule has 0 aromatic heterocycles.